The van der Waals surface area contributed by atoms with E-state index < -0.39 is 0 Å². The number of thioether (sulfide) groups is 1. The SMILES string of the molecule is O=C1NC(=O)C(=Cc2ccccc2Oc2ccc(C34CC5CC(CC(C5)C3)C4)cc2)S1. The van der Waals surface area contributed by atoms with E-state index in [1.165, 1.54) is 44.1 Å². The maximum atomic E-state index is 11.9. The van der Waals surface area contributed by atoms with Crippen molar-refractivity contribution in [3.05, 3.63) is 64.6 Å². The Labute approximate surface area is 186 Å². The van der Waals surface area contributed by atoms with Crippen LogP contribution < -0.4 is 10.1 Å². The molecule has 1 saturated heterocycles. The molecule has 1 N–H and O–H groups in total. The maximum Gasteiger partial charge on any atom is 0.290 e. The molecule has 0 radical (unpaired) electrons. The zero-order chi connectivity index (χ0) is 21.0. The van der Waals surface area contributed by atoms with Gasteiger partial charge in [-0.05, 0) is 103 Å². The van der Waals surface area contributed by atoms with E-state index in [1.54, 1.807) is 6.08 Å². The van der Waals surface area contributed by atoms with E-state index in [2.05, 4.69) is 29.6 Å². The molecule has 2 aromatic rings. The molecule has 1 heterocycles. The van der Waals surface area contributed by atoms with Crippen LogP contribution in [0.25, 0.3) is 6.08 Å². The van der Waals surface area contributed by atoms with E-state index in [4.69, 9.17) is 4.74 Å². The first kappa shape index (κ1) is 19.2. The zero-order valence-electron chi connectivity index (χ0n) is 17.3. The second kappa shape index (κ2) is 7.27. The summed E-state index contributed by atoms with van der Waals surface area (Å²) in [5.74, 6) is 3.90. The second-order valence-electron chi connectivity index (χ2n) is 9.71. The van der Waals surface area contributed by atoms with Gasteiger partial charge in [0.05, 0.1) is 4.91 Å². The molecule has 4 nitrogen and oxygen atoms in total. The molecule has 4 bridgehead atoms. The van der Waals surface area contributed by atoms with Crippen molar-refractivity contribution in [2.24, 2.45) is 17.8 Å². The number of hydrogen-bond acceptors (Lipinski definition) is 4. The van der Waals surface area contributed by atoms with Crippen molar-refractivity contribution in [2.45, 2.75) is 43.9 Å². The van der Waals surface area contributed by atoms with Crippen LogP contribution in [0.15, 0.2) is 53.4 Å². The van der Waals surface area contributed by atoms with Crippen molar-refractivity contribution >= 4 is 29.0 Å². The molecule has 5 fully saturated rings. The number of rotatable bonds is 4. The summed E-state index contributed by atoms with van der Waals surface area (Å²) in [4.78, 5) is 23.7. The number of carbonyl (C=O) groups is 2. The minimum Gasteiger partial charge on any atom is -0.457 e. The van der Waals surface area contributed by atoms with Crippen molar-refractivity contribution in [3.63, 3.8) is 0 Å². The quantitative estimate of drug-likeness (QED) is 0.580. The van der Waals surface area contributed by atoms with Gasteiger partial charge >= 0.3 is 0 Å². The smallest absolute Gasteiger partial charge is 0.290 e. The van der Waals surface area contributed by atoms with E-state index in [0.717, 1.165) is 40.8 Å². The van der Waals surface area contributed by atoms with Gasteiger partial charge in [-0.25, -0.2) is 0 Å². The summed E-state index contributed by atoms with van der Waals surface area (Å²) < 4.78 is 6.19. The molecule has 2 aromatic carbocycles. The van der Waals surface area contributed by atoms with Crippen LogP contribution in [-0.2, 0) is 10.2 Å². The van der Waals surface area contributed by atoms with E-state index in [9.17, 15) is 9.59 Å². The third-order valence-corrected chi connectivity index (χ3v) is 8.39. The van der Waals surface area contributed by atoms with Gasteiger partial charge in [0, 0.05) is 5.56 Å². The third kappa shape index (κ3) is 3.49. The summed E-state index contributed by atoms with van der Waals surface area (Å²) in [6.07, 6.45) is 10.1. The lowest BCUT2D eigenvalue weighted by Gasteiger charge is -2.57. The molecule has 158 valence electrons. The van der Waals surface area contributed by atoms with E-state index >= 15 is 0 Å². The van der Waals surface area contributed by atoms with Crippen molar-refractivity contribution in [1.29, 1.82) is 0 Å². The van der Waals surface area contributed by atoms with Crippen LogP contribution >= 0.6 is 11.8 Å². The molecule has 4 saturated carbocycles. The fraction of sp³-hybridized carbons (Fsp3) is 0.385. The number of ether oxygens (including phenoxy) is 1. The van der Waals surface area contributed by atoms with Gasteiger partial charge in [-0.2, -0.15) is 0 Å². The molecule has 7 rings (SSSR count). The highest BCUT2D eigenvalue weighted by Gasteiger charge is 2.51. The van der Waals surface area contributed by atoms with Crippen molar-refractivity contribution < 1.29 is 14.3 Å². The fourth-order valence-electron chi connectivity index (χ4n) is 6.72. The Bertz CT molecular complexity index is 1050. The summed E-state index contributed by atoms with van der Waals surface area (Å²) in [5, 5.41) is 1.95. The van der Waals surface area contributed by atoms with E-state index in [-0.39, 0.29) is 11.1 Å². The number of imide groups is 1. The maximum absolute atomic E-state index is 11.9. The monoisotopic (exact) mass is 431 g/mol. The van der Waals surface area contributed by atoms with Gasteiger partial charge in [0.2, 0.25) is 0 Å². The molecule has 0 unspecified atom stereocenters. The van der Waals surface area contributed by atoms with Gasteiger partial charge < -0.3 is 4.74 Å². The normalized spacial score (nSPS) is 32.5. The van der Waals surface area contributed by atoms with Crippen LogP contribution in [-0.4, -0.2) is 11.1 Å². The van der Waals surface area contributed by atoms with Crippen LogP contribution in [0.4, 0.5) is 4.79 Å². The van der Waals surface area contributed by atoms with Crippen LogP contribution in [0.1, 0.15) is 49.7 Å². The fourth-order valence-corrected chi connectivity index (χ4v) is 7.40. The Kier molecular flexibility index (Phi) is 4.49. The molecule has 31 heavy (non-hydrogen) atoms. The standard InChI is InChI=1S/C26H25NO3S/c28-24-23(31-25(29)27-24)12-19-3-1-2-4-22(19)30-21-7-5-20(6-8-21)26-13-16-9-17(14-26)11-18(10-16)15-26/h1-8,12,16-18H,9-11,13-15H2,(H,27,28,29). The highest BCUT2D eigenvalue weighted by molar-refractivity contribution is 8.18. The number of carbonyl (C=O) groups excluding carboxylic acids is 2. The Morgan fingerprint density at radius 3 is 2.16 bits per heavy atom. The topological polar surface area (TPSA) is 55.4 Å². The highest BCUT2D eigenvalue weighted by Crippen LogP contribution is 2.60. The van der Waals surface area contributed by atoms with Crippen molar-refractivity contribution in [1.82, 2.24) is 5.32 Å². The van der Waals surface area contributed by atoms with Gasteiger partial charge in [0.25, 0.3) is 11.1 Å². The number of hydrogen-bond donors (Lipinski definition) is 1. The minimum absolute atomic E-state index is 0.338. The molecule has 2 amide bonds. The van der Waals surface area contributed by atoms with Gasteiger partial charge in [0.15, 0.2) is 0 Å². The third-order valence-electron chi connectivity index (χ3n) is 7.58. The molecule has 0 spiro atoms. The zero-order valence-corrected chi connectivity index (χ0v) is 18.1. The van der Waals surface area contributed by atoms with Crippen LogP contribution in [0.2, 0.25) is 0 Å². The summed E-state index contributed by atoms with van der Waals surface area (Å²) in [5.41, 5.74) is 2.64. The minimum atomic E-state index is -0.357. The van der Waals surface area contributed by atoms with Crippen LogP contribution in [0.5, 0.6) is 11.5 Å². The van der Waals surface area contributed by atoms with Crippen LogP contribution in [0, 0.1) is 17.8 Å². The number of benzene rings is 2. The lowest BCUT2D eigenvalue weighted by atomic mass is 9.48. The first-order valence-corrected chi connectivity index (χ1v) is 12.0. The second-order valence-corrected chi connectivity index (χ2v) is 10.7. The first-order valence-electron chi connectivity index (χ1n) is 11.2. The van der Waals surface area contributed by atoms with Gasteiger partial charge in [-0.3, -0.25) is 14.9 Å². The predicted octanol–water partition coefficient (Wildman–Crippen LogP) is 6.27. The molecule has 0 atom stereocenters. The molecular weight excluding hydrogens is 406 g/mol. The Hall–Kier alpha value is -2.53. The van der Waals surface area contributed by atoms with Gasteiger partial charge in [-0.15, -0.1) is 0 Å². The molecular formula is C26H25NO3S. The van der Waals surface area contributed by atoms with E-state index in [1.807, 2.05) is 24.3 Å². The number of para-hydroxylation sites is 1. The first-order chi connectivity index (χ1) is 15.1. The van der Waals surface area contributed by atoms with E-state index in [0.29, 0.717) is 16.1 Å². The lowest BCUT2D eigenvalue weighted by molar-refractivity contribution is -0.115. The number of nitrogens with one attached hydrogen (secondary N) is 1. The predicted molar refractivity (Wildman–Crippen MR) is 122 cm³/mol. The lowest BCUT2D eigenvalue weighted by Crippen LogP contribution is -2.48. The van der Waals surface area contributed by atoms with Crippen molar-refractivity contribution in [3.8, 4) is 11.5 Å². The average Bonchev–Trinajstić information content (AvgIpc) is 3.05. The van der Waals surface area contributed by atoms with Crippen LogP contribution in [0.3, 0.4) is 0 Å². The molecule has 4 aliphatic carbocycles. The Morgan fingerprint density at radius 1 is 0.903 bits per heavy atom. The molecule has 1 aliphatic heterocycles. The number of amides is 2. The largest absolute Gasteiger partial charge is 0.457 e. The summed E-state index contributed by atoms with van der Waals surface area (Å²) in [6, 6.07) is 16.3. The van der Waals surface area contributed by atoms with Crippen molar-refractivity contribution in [2.75, 3.05) is 0 Å². The summed E-state index contributed by atoms with van der Waals surface area (Å²) in [7, 11) is 0. The highest BCUT2D eigenvalue weighted by atomic mass is 32.2. The average molecular weight is 432 g/mol. The Balaban J connectivity index is 1.24. The molecule has 0 aromatic heterocycles. The summed E-state index contributed by atoms with van der Waals surface area (Å²) in [6.45, 7) is 0. The van der Waals surface area contributed by atoms with Gasteiger partial charge in [0.1, 0.15) is 11.5 Å². The summed E-state index contributed by atoms with van der Waals surface area (Å²) >= 11 is 0.919. The molecule has 5 heteroatoms. The van der Waals surface area contributed by atoms with Gasteiger partial charge in [-0.1, -0.05) is 30.3 Å². The Morgan fingerprint density at radius 2 is 1.55 bits per heavy atom. The molecule has 5 aliphatic rings.